The molecule has 1 aromatic carbocycles. The van der Waals surface area contributed by atoms with Crippen molar-refractivity contribution in [2.75, 3.05) is 36.0 Å². The van der Waals surface area contributed by atoms with Crippen LogP contribution in [0.3, 0.4) is 0 Å². The number of carbonyl (C=O) groups excluding carboxylic acids is 1. The van der Waals surface area contributed by atoms with Crippen molar-refractivity contribution in [1.29, 1.82) is 0 Å². The van der Waals surface area contributed by atoms with Gasteiger partial charge >= 0.3 is 0 Å². The maximum atomic E-state index is 12.6. The van der Waals surface area contributed by atoms with Crippen LogP contribution in [-0.4, -0.2) is 40.4 Å². The summed E-state index contributed by atoms with van der Waals surface area (Å²) in [6.07, 6.45) is 2.50. The predicted octanol–water partition coefficient (Wildman–Crippen LogP) is 2.31. The standard InChI is InChI=1S/C19H23ClN6O/c20-14-3-1-13(2-4-14)11-26-12-19(10-17(26)27)5-7-25(8-6-19)16-9-15(21)23-18(22)24-16/h1-4,9H,5-8,10-12H2,(H4,21,22,23,24). The number of hydrogen-bond acceptors (Lipinski definition) is 6. The monoisotopic (exact) mass is 386 g/mol. The van der Waals surface area contributed by atoms with Gasteiger partial charge in [0, 0.05) is 49.1 Å². The van der Waals surface area contributed by atoms with E-state index in [1.54, 1.807) is 6.07 Å². The minimum absolute atomic E-state index is 0.0458. The highest BCUT2D eigenvalue weighted by atomic mass is 35.5. The van der Waals surface area contributed by atoms with Crippen LogP contribution in [-0.2, 0) is 11.3 Å². The minimum Gasteiger partial charge on any atom is -0.383 e. The number of hydrogen-bond donors (Lipinski definition) is 2. The average Bonchev–Trinajstić information content (AvgIpc) is 2.92. The van der Waals surface area contributed by atoms with Gasteiger partial charge in [-0.1, -0.05) is 23.7 Å². The first-order chi connectivity index (χ1) is 12.9. The van der Waals surface area contributed by atoms with E-state index in [1.165, 1.54) is 0 Å². The van der Waals surface area contributed by atoms with E-state index in [1.807, 2.05) is 29.2 Å². The lowest BCUT2D eigenvalue weighted by atomic mass is 9.77. The molecule has 4 rings (SSSR count). The number of amides is 1. The van der Waals surface area contributed by atoms with E-state index in [0.717, 1.165) is 43.9 Å². The molecule has 0 unspecified atom stereocenters. The molecular formula is C19H23ClN6O. The number of halogens is 1. The van der Waals surface area contributed by atoms with E-state index < -0.39 is 0 Å². The van der Waals surface area contributed by atoms with Crippen LogP contribution in [0.1, 0.15) is 24.8 Å². The highest BCUT2D eigenvalue weighted by molar-refractivity contribution is 6.30. The Morgan fingerprint density at radius 2 is 1.81 bits per heavy atom. The molecule has 4 N–H and O–H groups in total. The third kappa shape index (κ3) is 3.78. The number of benzene rings is 1. The second-order valence-electron chi connectivity index (χ2n) is 7.55. The molecule has 2 aromatic rings. The lowest BCUT2D eigenvalue weighted by molar-refractivity contribution is -0.128. The Hall–Kier alpha value is -2.54. The third-order valence-electron chi connectivity index (χ3n) is 5.59. The molecule has 3 heterocycles. The first kappa shape index (κ1) is 17.9. The van der Waals surface area contributed by atoms with Crippen LogP contribution >= 0.6 is 11.6 Å². The molecule has 2 saturated heterocycles. The van der Waals surface area contributed by atoms with Crippen molar-refractivity contribution in [1.82, 2.24) is 14.9 Å². The summed E-state index contributed by atoms with van der Waals surface area (Å²) in [6, 6.07) is 9.44. The van der Waals surface area contributed by atoms with Gasteiger partial charge in [0.1, 0.15) is 11.6 Å². The molecule has 2 aliphatic rings. The van der Waals surface area contributed by atoms with Crippen molar-refractivity contribution in [3.63, 3.8) is 0 Å². The van der Waals surface area contributed by atoms with Crippen molar-refractivity contribution in [2.24, 2.45) is 5.41 Å². The number of piperidine rings is 1. The molecular weight excluding hydrogens is 364 g/mol. The Morgan fingerprint density at radius 1 is 1.11 bits per heavy atom. The summed E-state index contributed by atoms with van der Waals surface area (Å²) in [5, 5.41) is 0.710. The van der Waals surface area contributed by atoms with Gasteiger partial charge in [0.15, 0.2) is 0 Å². The van der Waals surface area contributed by atoms with Crippen LogP contribution < -0.4 is 16.4 Å². The number of nitrogens with two attached hydrogens (primary N) is 2. The molecule has 8 heteroatoms. The van der Waals surface area contributed by atoms with E-state index in [9.17, 15) is 4.79 Å². The molecule has 0 saturated carbocycles. The van der Waals surface area contributed by atoms with Crippen LogP contribution in [0.2, 0.25) is 5.02 Å². The molecule has 1 spiro atoms. The highest BCUT2D eigenvalue weighted by Gasteiger charge is 2.44. The summed E-state index contributed by atoms with van der Waals surface area (Å²) in [5.74, 6) is 1.56. The van der Waals surface area contributed by atoms with Crippen LogP contribution in [0.15, 0.2) is 30.3 Å². The number of anilines is 3. The SMILES string of the molecule is Nc1cc(N2CCC3(CC2)CC(=O)N(Cc2ccc(Cl)cc2)C3)nc(N)n1. The van der Waals surface area contributed by atoms with Crippen molar-refractivity contribution in [3.05, 3.63) is 40.9 Å². The molecule has 27 heavy (non-hydrogen) atoms. The van der Waals surface area contributed by atoms with E-state index in [-0.39, 0.29) is 17.3 Å². The van der Waals surface area contributed by atoms with Gasteiger partial charge in [-0.2, -0.15) is 9.97 Å². The van der Waals surface area contributed by atoms with Gasteiger partial charge in [0.25, 0.3) is 0 Å². The number of nitrogens with zero attached hydrogens (tertiary/aromatic N) is 4. The van der Waals surface area contributed by atoms with Crippen molar-refractivity contribution >= 4 is 35.1 Å². The van der Waals surface area contributed by atoms with Gasteiger partial charge in [-0.05, 0) is 30.5 Å². The van der Waals surface area contributed by atoms with Crippen molar-refractivity contribution in [3.8, 4) is 0 Å². The molecule has 2 aliphatic heterocycles. The fourth-order valence-corrected chi connectivity index (χ4v) is 4.24. The number of likely N-dealkylation sites (tertiary alicyclic amines) is 1. The molecule has 0 aliphatic carbocycles. The summed E-state index contributed by atoms with van der Waals surface area (Å²) in [6.45, 7) is 3.10. The summed E-state index contributed by atoms with van der Waals surface area (Å²) >= 11 is 5.95. The second-order valence-corrected chi connectivity index (χ2v) is 7.99. The quantitative estimate of drug-likeness (QED) is 0.839. The molecule has 142 valence electrons. The summed E-state index contributed by atoms with van der Waals surface area (Å²) in [5.41, 5.74) is 12.6. The summed E-state index contributed by atoms with van der Waals surface area (Å²) in [7, 11) is 0. The Labute approximate surface area is 163 Å². The zero-order valence-electron chi connectivity index (χ0n) is 15.1. The zero-order chi connectivity index (χ0) is 19.0. The van der Waals surface area contributed by atoms with E-state index in [4.69, 9.17) is 23.1 Å². The minimum atomic E-state index is 0.0458. The normalized spacial score (nSPS) is 19.1. The van der Waals surface area contributed by atoms with Gasteiger partial charge in [0.2, 0.25) is 11.9 Å². The molecule has 0 radical (unpaired) electrons. The Bertz CT molecular complexity index is 828. The second kappa shape index (κ2) is 6.88. The fraction of sp³-hybridized carbons (Fsp3) is 0.421. The highest BCUT2D eigenvalue weighted by Crippen LogP contribution is 2.42. The first-order valence-corrected chi connectivity index (χ1v) is 9.48. The lowest BCUT2D eigenvalue weighted by Crippen LogP contribution is -2.42. The van der Waals surface area contributed by atoms with Gasteiger partial charge in [-0.3, -0.25) is 4.79 Å². The van der Waals surface area contributed by atoms with Gasteiger partial charge in [-0.15, -0.1) is 0 Å². The summed E-state index contributed by atoms with van der Waals surface area (Å²) < 4.78 is 0. The molecule has 0 atom stereocenters. The van der Waals surface area contributed by atoms with Crippen LogP contribution in [0.25, 0.3) is 0 Å². The van der Waals surface area contributed by atoms with Crippen LogP contribution in [0.4, 0.5) is 17.6 Å². The Balaban J connectivity index is 1.41. The van der Waals surface area contributed by atoms with E-state index >= 15 is 0 Å². The number of carbonyl (C=O) groups is 1. The molecule has 1 aromatic heterocycles. The lowest BCUT2D eigenvalue weighted by Gasteiger charge is -2.39. The summed E-state index contributed by atoms with van der Waals surface area (Å²) in [4.78, 5) is 25.0. The Morgan fingerprint density at radius 3 is 2.48 bits per heavy atom. The van der Waals surface area contributed by atoms with Gasteiger partial charge < -0.3 is 21.3 Å². The van der Waals surface area contributed by atoms with Crippen molar-refractivity contribution < 1.29 is 4.79 Å². The number of rotatable bonds is 3. The molecule has 2 fully saturated rings. The number of nitrogen functional groups attached to an aromatic ring is 2. The zero-order valence-corrected chi connectivity index (χ0v) is 15.8. The van der Waals surface area contributed by atoms with Crippen LogP contribution in [0.5, 0.6) is 0 Å². The fourth-order valence-electron chi connectivity index (χ4n) is 4.11. The topological polar surface area (TPSA) is 101 Å². The molecule has 1 amide bonds. The van der Waals surface area contributed by atoms with Crippen LogP contribution in [0, 0.1) is 5.41 Å². The maximum Gasteiger partial charge on any atom is 0.223 e. The maximum absolute atomic E-state index is 12.6. The number of aromatic nitrogens is 2. The van der Waals surface area contributed by atoms with Crippen molar-refractivity contribution in [2.45, 2.75) is 25.8 Å². The smallest absolute Gasteiger partial charge is 0.223 e. The van der Waals surface area contributed by atoms with E-state index in [0.29, 0.717) is 23.8 Å². The predicted molar refractivity (Wildman–Crippen MR) is 106 cm³/mol. The van der Waals surface area contributed by atoms with Gasteiger partial charge in [-0.25, -0.2) is 0 Å². The average molecular weight is 387 g/mol. The largest absolute Gasteiger partial charge is 0.383 e. The van der Waals surface area contributed by atoms with Gasteiger partial charge in [0.05, 0.1) is 0 Å². The first-order valence-electron chi connectivity index (χ1n) is 9.10. The molecule has 7 nitrogen and oxygen atoms in total. The third-order valence-corrected chi connectivity index (χ3v) is 5.84. The molecule has 0 bridgehead atoms. The van der Waals surface area contributed by atoms with E-state index in [2.05, 4.69) is 14.9 Å². The Kier molecular flexibility index (Phi) is 4.55.